The highest BCUT2D eigenvalue weighted by atomic mass is 35.5. The zero-order valence-corrected chi connectivity index (χ0v) is 16.9. The second-order valence-corrected chi connectivity index (χ2v) is 8.07. The van der Waals surface area contributed by atoms with Gasteiger partial charge in [-0.05, 0) is 42.8 Å². The minimum absolute atomic E-state index is 0.0151. The molecule has 0 aliphatic rings. The second-order valence-electron chi connectivity index (χ2n) is 5.89. The molecule has 2 aromatic rings. The summed E-state index contributed by atoms with van der Waals surface area (Å²) in [5, 5.41) is 0.591. The van der Waals surface area contributed by atoms with E-state index in [1.54, 1.807) is 25.2 Å². The molecule has 0 heterocycles. The molecule has 0 unspecified atom stereocenters. The van der Waals surface area contributed by atoms with Crippen LogP contribution in [0.15, 0.2) is 53.4 Å². The normalized spacial score (nSPS) is 11.2. The molecule has 0 radical (unpaired) electrons. The molecule has 0 saturated heterocycles. The summed E-state index contributed by atoms with van der Waals surface area (Å²) in [6.45, 7) is 2.74. The number of sulfonamides is 1. The SMILES string of the molecule is CCOc1ccc(S(=O)(=O)NCCC(=O)N(C)Cc2ccccc2Cl)cc1. The number of rotatable bonds is 9. The Kier molecular flexibility index (Phi) is 7.65. The van der Waals surface area contributed by atoms with Crippen LogP contribution in [0, 0.1) is 0 Å². The largest absolute Gasteiger partial charge is 0.494 e. The Balaban J connectivity index is 1.86. The van der Waals surface area contributed by atoms with E-state index in [1.165, 1.54) is 17.0 Å². The number of hydrogen-bond acceptors (Lipinski definition) is 4. The molecule has 1 N–H and O–H groups in total. The van der Waals surface area contributed by atoms with E-state index in [0.717, 1.165) is 5.56 Å². The van der Waals surface area contributed by atoms with E-state index in [4.69, 9.17) is 16.3 Å². The Morgan fingerprint density at radius 1 is 1.15 bits per heavy atom. The van der Waals surface area contributed by atoms with Crippen LogP contribution in [0.25, 0.3) is 0 Å². The lowest BCUT2D eigenvalue weighted by atomic mass is 10.2. The molecule has 0 spiro atoms. The molecule has 27 heavy (non-hydrogen) atoms. The fourth-order valence-corrected chi connectivity index (χ4v) is 3.65. The smallest absolute Gasteiger partial charge is 0.240 e. The Morgan fingerprint density at radius 2 is 1.81 bits per heavy atom. The predicted octanol–water partition coefficient (Wildman–Crippen LogP) is 3.07. The van der Waals surface area contributed by atoms with Gasteiger partial charge in [-0.15, -0.1) is 0 Å². The maximum atomic E-state index is 12.3. The number of halogens is 1. The Bertz CT molecular complexity index is 870. The third-order valence-corrected chi connectivity index (χ3v) is 5.71. The van der Waals surface area contributed by atoms with Crippen molar-refractivity contribution < 1.29 is 17.9 Å². The van der Waals surface area contributed by atoms with E-state index in [-0.39, 0.29) is 23.8 Å². The molecule has 0 aliphatic heterocycles. The molecule has 0 aromatic heterocycles. The summed E-state index contributed by atoms with van der Waals surface area (Å²) < 4.78 is 32.3. The summed E-state index contributed by atoms with van der Waals surface area (Å²) in [5.41, 5.74) is 0.838. The molecule has 146 valence electrons. The average Bonchev–Trinajstić information content (AvgIpc) is 2.64. The van der Waals surface area contributed by atoms with Crippen LogP contribution in [-0.4, -0.2) is 39.4 Å². The predicted molar refractivity (Wildman–Crippen MR) is 105 cm³/mol. The van der Waals surface area contributed by atoms with Crippen LogP contribution in [-0.2, 0) is 21.4 Å². The molecule has 8 heteroatoms. The van der Waals surface area contributed by atoms with E-state index < -0.39 is 10.0 Å². The number of nitrogens with one attached hydrogen (secondary N) is 1. The van der Waals surface area contributed by atoms with E-state index in [9.17, 15) is 13.2 Å². The molecule has 6 nitrogen and oxygen atoms in total. The molecule has 0 fully saturated rings. The van der Waals surface area contributed by atoms with Gasteiger partial charge in [-0.2, -0.15) is 0 Å². The van der Waals surface area contributed by atoms with Gasteiger partial charge in [0.1, 0.15) is 5.75 Å². The summed E-state index contributed by atoms with van der Waals surface area (Å²) in [4.78, 5) is 13.9. The lowest BCUT2D eigenvalue weighted by Crippen LogP contribution is -2.32. The first kappa shape index (κ1) is 21.2. The fraction of sp³-hybridized carbons (Fsp3) is 0.316. The van der Waals surface area contributed by atoms with Gasteiger partial charge < -0.3 is 9.64 Å². The summed E-state index contributed by atoms with van der Waals surface area (Å²) in [6, 6.07) is 13.4. The maximum Gasteiger partial charge on any atom is 0.240 e. The molecule has 0 atom stereocenters. The highest BCUT2D eigenvalue weighted by Gasteiger charge is 2.16. The van der Waals surface area contributed by atoms with Gasteiger partial charge >= 0.3 is 0 Å². The van der Waals surface area contributed by atoms with Gasteiger partial charge in [-0.1, -0.05) is 29.8 Å². The van der Waals surface area contributed by atoms with Gasteiger partial charge in [0.2, 0.25) is 15.9 Å². The van der Waals surface area contributed by atoms with Crippen molar-refractivity contribution >= 4 is 27.5 Å². The molecule has 2 aromatic carbocycles. The van der Waals surface area contributed by atoms with Crippen molar-refractivity contribution in [2.45, 2.75) is 24.8 Å². The summed E-state index contributed by atoms with van der Waals surface area (Å²) >= 11 is 6.10. The number of benzene rings is 2. The molecular weight excluding hydrogens is 388 g/mol. The van der Waals surface area contributed by atoms with Crippen LogP contribution in [0.1, 0.15) is 18.9 Å². The van der Waals surface area contributed by atoms with E-state index >= 15 is 0 Å². The average molecular weight is 411 g/mol. The first-order chi connectivity index (χ1) is 12.8. The van der Waals surface area contributed by atoms with E-state index in [2.05, 4.69) is 4.72 Å². The zero-order valence-electron chi connectivity index (χ0n) is 15.3. The Hall–Kier alpha value is -2.09. The van der Waals surface area contributed by atoms with Crippen LogP contribution in [0.5, 0.6) is 5.75 Å². The van der Waals surface area contributed by atoms with Crippen LogP contribution in [0.3, 0.4) is 0 Å². The Morgan fingerprint density at radius 3 is 2.44 bits per heavy atom. The number of carbonyl (C=O) groups excluding carboxylic acids is 1. The van der Waals surface area contributed by atoms with E-state index in [1.807, 2.05) is 25.1 Å². The van der Waals surface area contributed by atoms with Crippen LogP contribution < -0.4 is 9.46 Å². The zero-order chi connectivity index (χ0) is 19.9. The van der Waals surface area contributed by atoms with Gasteiger partial charge in [0, 0.05) is 31.6 Å². The standard InChI is InChI=1S/C19H23ClN2O4S/c1-3-26-16-8-10-17(11-9-16)27(24,25)21-13-12-19(23)22(2)14-15-6-4-5-7-18(15)20/h4-11,21H,3,12-14H2,1-2H3. The molecule has 1 amide bonds. The number of ether oxygens (including phenoxy) is 1. The summed E-state index contributed by atoms with van der Waals surface area (Å²) in [5.74, 6) is 0.428. The fourth-order valence-electron chi connectivity index (χ4n) is 2.42. The lowest BCUT2D eigenvalue weighted by molar-refractivity contribution is -0.130. The van der Waals surface area contributed by atoms with Crippen molar-refractivity contribution in [2.75, 3.05) is 20.2 Å². The third kappa shape index (κ3) is 6.23. The number of carbonyl (C=O) groups is 1. The summed E-state index contributed by atoms with van der Waals surface area (Å²) in [6.07, 6.45) is 0.0528. The van der Waals surface area contributed by atoms with Gasteiger partial charge in [0.25, 0.3) is 0 Å². The monoisotopic (exact) mass is 410 g/mol. The molecule has 0 aliphatic carbocycles. The van der Waals surface area contributed by atoms with Crippen molar-refractivity contribution in [1.29, 1.82) is 0 Å². The maximum absolute atomic E-state index is 12.3. The van der Waals surface area contributed by atoms with Crippen molar-refractivity contribution in [3.8, 4) is 5.75 Å². The Labute approximate surface area is 165 Å². The minimum Gasteiger partial charge on any atom is -0.494 e. The lowest BCUT2D eigenvalue weighted by Gasteiger charge is -2.18. The van der Waals surface area contributed by atoms with Crippen molar-refractivity contribution in [3.63, 3.8) is 0 Å². The number of nitrogens with zero attached hydrogens (tertiary/aromatic N) is 1. The van der Waals surface area contributed by atoms with Crippen LogP contribution in [0.2, 0.25) is 5.02 Å². The van der Waals surface area contributed by atoms with E-state index in [0.29, 0.717) is 23.9 Å². The van der Waals surface area contributed by atoms with Gasteiger partial charge in [0.05, 0.1) is 11.5 Å². The van der Waals surface area contributed by atoms with Crippen LogP contribution >= 0.6 is 11.6 Å². The highest BCUT2D eigenvalue weighted by Crippen LogP contribution is 2.17. The third-order valence-electron chi connectivity index (χ3n) is 3.87. The quantitative estimate of drug-likeness (QED) is 0.689. The topological polar surface area (TPSA) is 75.7 Å². The van der Waals surface area contributed by atoms with Crippen molar-refractivity contribution in [2.24, 2.45) is 0 Å². The first-order valence-electron chi connectivity index (χ1n) is 8.53. The minimum atomic E-state index is -3.68. The van der Waals surface area contributed by atoms with Crippen LogP contribution in [0.4, 0.5) is 0 Å². The second kappa shape index (κ2) is 9.73. The van der Waals surface area contributed by atoms with Gasteiger partial charge in [-0.3, -0.25) is 4.79 Å². The van der Waals surface area contributed by atoms with Crippen molar-refractivity contribution in [1.82, 2.24) is 9.62 Å². The number of amides is 1. The molecule has 0 saturated carbocycles. The first-order valence-corrected chi connectivity index (χ1v) is 10.4. The van der Waals surface area contributed by atoms with Gasteiger partial charge in [-0.25, -0.2) is 13.1 Å². The molecule has 0 bridgehead atoms. The highest BCUT2D eigenvalue weighted by molar-refractivity contribution is 7.89. The van der Waals surface area contributed by atoms with Crippen molar-refractivity contribution in [3.05, 3.63) is 59.1 Å². The molecule has 2 rings (SSSR count). The van der Waals surface area contributed by atoms with Gasteiger partial charge in [0.15, 0.2) is 0 Å². The number of hydrogen-bond donors (Lipinski definition) is 1. The molecular formula is C19H23ClN2O4S. The summed E-state index contributed by atoms with van der Waals surface area (Å²) in [7, 11) is -2.02.